The van der Waals surface area contributed by atoms with Gasteiger partial charge in [0, 0.05) is 57.1 Å². The molecule has 2 heterocycles. The lowest BCUT2D eigenvalue weighted by Crippen LogP contribution is -2.45. The minimum Gasteiger partial charge on any atom is -0.493 e. The van der Waals surface area contributed by atoms with Crippen molar-refractivity contribution in [2.24, 2.45) is 0 Å². The second-order valence-electron chi connectivity index (χ2n) is 7.66. The van der Waals surface area contributed by atoms with E-state index in [2.05, 4.69) is 16.0 Å². The quantitative estimate of drug-likeness (QED) is 0.578. The van der Waals surface area contributed by atoms with E-state index in [1.54, 1.807) is 38.5 Å². The topological polar surface area (TPSA) is 54.9 Å². The molecule has 0 atom stereocenters. The van der Waals surface area contributed by atoms with Crippen LogP contribution in [0, 0.1) is 0 Å². The van der Waals surface area contributed by atoms with E-state index < -0.39 is 0 Å². The van der Waals surface area contributed by atoms with Crippen molar-refractivity contribution < 1.29 is 14.3 Å². The van der Waals surface area contributed by atoms with Crippen molar-refractivity contribution >= 4 is 23.6 Å². The van der Waals surface area contributed by atoms with Gasteiger partial charge in [0.25, 0.3) is 0 Å². The van der Waals surface area contributed by atoms with E-state index in [-0.39, 0.29) is 11.9 Å². The minimum absolute atomic E-state index is 0.0159. The highest BCUT2D eigenvalue weighted by Crippen LogP contribution is 2.36. The van der Waals surface area contributed by atoms with Crippen molar-refractivity contribution in [1.29, 1.82) is 0 Å². The first-order valence-electron chi connectivity index (χ1n) is 10.5. The molecule has 0 unspecified atom stereocenters. The first-order chi connectivity index (χ1) is 15.0. The molecule has 3 rings (SSSR count). The highest BCUT2D eigenvalue weighted by molar-refractivity contribution is 6.32. The molecule has 1 saturated heterocycles. The van der Waals surface area contributed by atoms with Crippen LogP contribution in [0.1, 0.15) is 24.1 Å². The summed E-state index contributed by atoms with van der Waals surface area (Å²) in [6.45, 7) is 2.98. The molecule has 1 aromatic carbocycles. The van der Waals surface area contributed by atoms with E-state index in [1.807, 2.05) is 30.3 Å². The predicted molar refractivity (Wildman–Crippen MR) is 124 cm³/mol. The third kappa shape index (κ3) is 6.21. The van der Waals surface area contributed by atoms with E-state index in [0.29, 0.717) is 16.5 Å². The molecule has 0 aliphatic carbocycles. The van der Waals surface area contributed by atoms with E-state index >= 15 is 0 Å². The Morgan fingerprint density at radius 3 is 2.68 bits per heavy atom. The summed E-state index contributed by atoms with van der Waals surface area (Å²) >= 11 is 6.25. The zero-order valence-electron chi connectivity index (χ0n) is 18.4. The monoisotopic (exact) mass is 443 g/mol. The number of pyridine rings is 1. The number of nitrogens with zero attached hydrogens (tertiary/aromatic N) is 3. The van der Waals surface area contributed by atoms with Gasteiger partial charge in [-0.15, -0.1) is 0 Å². The zero-order valence-corrected chi connectivity index (χ0v) is 19.1. The average molecular weight is 444 g/mol. The third-order valence-corrected chi connectivity index (χ3v) is 6.02. The summed E-state index contributed by atoms with van der Waals surface area (Å²) in [6.07, 6.45) is 8.09. The van der Waals surface area contributed by atoms with Crippen molar-refractivity contribution in [3.63, 3.8) is 0 Å². The van der Waals surface area contributed by atoms with Crippen LogP contribution in [0.5, 0.6) is 11.5 Å². The number of likely N-dealkylation sites (tertiary alicyclic amines) is 1. The summed E-state index contributed by atoms with van der Waals surface area (Å²) in [4.78, 5) is 21.4. The summed E-state index contributed by atoms with van der Waals surface area (Å²) in [5, 5.41) is 0.445. The number of amides is 1. The van der Waals surface area contributed by atoms with Crippen molar-refractivity contribution in [1.82, 2.24) is 14.8 Å². The molecule has 1 aromatic heterocycles. The van der Waals surface area contributed by atoms with E-state index in [9.17, 15) is 4.79 Å². The van der Waals surface area contributed by atoms with Gasteiger partial charge in [0.15, 0.2) is 11.5 Å². The van der Waals surface area contributed by atoms with Gasteiger partial charge in [-0.2, -0.15) is 0 Å². The van der Waals surface area contributed by atoms with Gasteiger partial charge in [-0.1, -0.05) is 17.7 Å². The molecular weight excluding hydrogens is 414 g/mol. The Morgan fingerprint density at radius 2 is 2.03 bits per heavy atom. The molecule has 2 aromatic rings. The molecule has 0 bridgehead atoms. The normalized spacial score (nSPS) is 15.2. The number of rotatable bonds is 8. The molecule has 1 aliphatic heterocycles. The van der Waals surface area contributed by atoms with Crippen LogP contribution in [-0.4, -0.2) is 67.6 Å². The fourth-order valence-corrected chi connectivity index (χ4v) is 4.14. The fraction of sp³-hybridized carbons (Fsp3) is 0.417. The first-order valence-corrected chi connectivity index (χ1v) is 10.9. The summed E-state index contributed by atoms with van der Waals surface area (Å²) in [6, 6.07) is 9.84. The van der Waals surface area contributed by atoms with Gasteiger partial charge in [0.1, 0.15) is 0 Å². The third-order valence-electron chi connectivity index (χ3n) is 5.74. The highest BCUT2D eigenvalue weighted by Gasteiger charge is 2.24. The number of hydrogen-bond donors (Lipinski definition) is 0. The Morgan fingerprint density at radius 1 is 1.26 bits per heavy atom. The molecule has 0 spiro atoms. The molecule has 0 N–H and O–H groups in total. The SMILES string of the molecule is COc1cc(C=CC(=O)N(C)C2CCN(CCc3ccccn3)CC2)cc(Cl)c1OC. The Hall–Kier alpha value is -2.57. The van der Waals surface area contributed by atoms with Crippen LogP contribution in [0.15, 0.2) is 42.6 Å². The van der Waals surface area contributed by atoms with Crippen LogP contribution in [0.25, 0.3) is 6.08 Å². The number of piperidine rings is 1. The molecule has 7 heteroatoms. The van der Waals surface area contributed by atoms with E-state index in [1.165, 1.54) is 0 Å². The van der Waals surface area contributed by atoms with Gasteiger partial charge < -0.3 is 19.3 Å². The van der Waals surface area contributed by atoms with Crippen molar-refractivity contribution in [2.75, 3.05) is 40.9 Å². The molecule has 1 amide bonds. The number of carbonyl (C=O) groups excluding carboxylic acids is 1. The number of methoxy groups -OCH3 is 2. The van der Waals surface area contributed by atoms with Gasteiger partial charge in [-0.05, 0) is 48.7 Å². The summed E-state index contributed by atoms with van der Waals surface area (Å²) in [5.74, 6) is 1.01. The molecule has 0 radical (unpaired) electrons. The summed E-state index contributed by atoms with van der Waals surface area (Å²) in [7, 11) is 4.98. The van der Waals surface area contributed by atoms with Crippen molar-refractivity contribution in [3.8, 4) is 11.5 Å². The minimum atomic E-state index is -0.0159. The second-order valence-corrected chi connectivity index (χ2v) is 8.07. The van der Waals surface area contributed by atoms with Crippen LogP contribution < -0.4 is 9.47 Å². The number of benzene rings is 1. The maximum Gasteiger partial charge on any atom is 0.246 e. The maximum atomic E-state index is 12.7. The van der Waals surface area contributed by atoms with Crippen LogP contribution >= 0.6 is 11.6 Å². The van der Waals surface area contributed by atoms with Gasteiger partial charge in [-0.3, -0.25) is 9.78 Å². The molecule has 166 valence electrons. The number of likely N-dealkylation sites (N-methyl/N-ethyl adjacent to an activating group) is 1. The lowest BCUT2D eigenvalue weighted by Gasteiger charge is -2.36. The van der Waals surface area contributed by atoms with Crippen LogP contribution in [0.2, 0.25) is 5.02 Å². The Bertz CT molecular complexity index is 896. The van der Waals surface area contributed by atoms with Gasteiger partial charge in [0.05, 0.1) is 19.2 Å². The molecule has 1 fully saturated rings. The van der Waals surface area contributed by atoms with E-state index in [0.717, 1.165) is 50.2 Å². The first kappa shape index (κ1) is 23.1. The standard InChI is InChI=1S/C24H30ClN3O3/c1-27(20-10-14-28(15-11-20)13-9-19-6-4-5-12-26-19)23(29)8-7-18-16-21(25)24(31-3)22(17-18)30-2/h4-8,12,16-17,20H,9-11,13-15H2,1-3H3. The number of hydrogen-bond acceptors (Lipinski definition) is 5. The maximum absolute atomic E-state index is 12.7. The van der Waals surface area contributed by atoms with Crippen LogP contribution in [0.4, 0.5) is 0 Å². The highest BCUT2D eigenvalue weighted by atomic mass is 35.5. The Labute approximate surface area is 189 Å². The largest absolute Gasteiger partial charge is 0.493 e. The van der Waals surface area contributed by atoms with Gasteiger partial charge in [0.2, 0.25) is 5.91 Å². The molecular formula is C24H30ClN3O3. The summed E-state index contributed by atoms with van der Waals surface area (Å²) in [5.41, 5.74) is 1.91. The number of ether oxygens (including phenoxy) is 2. The molecule has 31 heavy (non-hydrogen) atoms. The molecule has 6 nitrogen and oxygen atoms in total. The Balaban J connectivity index is 1.51. The smallest absolute Gasteiger partial charge is 0.246 e. The van der Waals surface area contributed by atoms with Crippen LogP contribution in [0.3, 0.4) is 0 Å². The van der Waals surface area contributed by atoms with Gasteiger partial charge in [-0.25, -0.2) is 0 Å². The molecule has 0 saturated carbocycles. The number of aromatic nitrogens is 1. The van der Waals surface area contributed by atoms with Gasteiger partial charge >= 0.3 is 0 Å². The van der Waals surface area contributed by atoms with E-state index in [4.69, 9.17) is 21.1 Å². The lowest BCUT2D eigenvalue weighted by atomic mass is 10.0. The van der Waals surface area contributed by atoms with Crippen molar-refractivity contribution in [3.05, 3.63) is 58.9 Å². The number of carbonyl (C=O) groups is 1. The second kappa shape index (κ2) is 11.2. The van der Waals surface area contributed by atoms with Crippen molar-refractivity contribution in [2.45, 2.75) is 25.3 Å². The fourth-order valence-electron chi connectivity index (χ4n) is 3.85. The predicted octanol–water partition coefficient (Wildman–Crippen LogP) is 3.93. The lowest BCUT2D eigenvalue weighted by molar-refractivity contribution is -0.127. The average Bonchev–Trinajstić information content (AvgIpc) is 2.81. The molecule has 1 aliphatic rings. The number of halogens is 1. The zero-order chi connectivity index (χ0) is 22.2. The Kier molecular flexibility index (Phi) is 8.32. The summed E-state index contributed by atoms with van der Waals surface area (Å²) < 4.78 is 10.6. The van der Waals surface area contributed by atoms with Crippen LogP contribution in [-0.2, 0) is 11.2 Å².